The highest BCUT2D eigenvalue weighted by Gasteiger charge is 2.14. The molecular weight excluding hydrogens is 262 g/mol. The minimum atomic E-state index is -1.09. The molecule has 0 spiro atoms. The monoisotopic (exact) mass is 275 g/mol. The summed E-state index contributed by atoms with van der Waals surface area (Å²) in [6, 6.07) is 2.60. The van der Waals surface area contributed by atoms with Crippen LogP contribution in [-0.2, 0) is 6.42 Å². The number of carboxylic acid groups (broad SMARTS) is 1. The molecule has 0 unspecified atom stereocenters. The maximum Gasteiger partial charge on any atom is 0.335 e. The lowest BCUT2D eigenvalue weighted by Gasteiger charge is -2.02. The zero-order valence-corrected chi connectivity index (χ0v) is 10.8. The van der Waals surface area contributed by atoms with E-state index in [-0.39, 0.29) is 17.2 Å². The van der Waals surface area contributed by atoms with E-state index in [2.05, 4.69) is 25.5 Å². The largest absolute Gasteiger partial charge is 0.478 e. The van der Waals surface area contributed by atoms with Crippen molar-refractivity contribution in [3.05, 3.63) is 35.5 Å². The van der Waals surface area contributed by atoms with E-state index in [1.54, 1.807) is 0 Å². The molecule has 0 bridgehead atoms. The Labute approximate surface area is 114 Å². The average Bonchev–Trinajstić information content (AvgIpc) is 2.88. The van der Waals surface area contributed by atoms with Crippen molar-refractivity contribution in [2.45, 2.75) is 19.8 Å². The molecular formula is C12H13N5O3. The quantitative estimate of drug-likeness (QED) is 0.751. The van der Waals surface area contributed by atoms with Gasteiger partial charge in [-0.15, -0.1) is 5.10 Å². The molecule has 104 valence electrons. The Hall–Kier alpha value is -2.77. The lowest BCUT2D eigenvalue weighted by Crippen LogP contribution is -2.15. The van der Waals surface area contributed by atoms with Gasteiger partial charge in [-0.25, -0.2) is 14.8 Å². The molecule has 2 aromatic heterocycles. The number of aryl methyl sites for hydroxylation is 1. The van der Waals surface area contributed by atoms with Crippen LogP contribution in [0.15, 0.2) is 18.3 Å². The first-order valence-corrected chi connectivity index (χ1v) is 6.02. The second-order valence-corrected chi connectivity index (χ2v) is 4.04. The summed E-state index contributed by atoms with van der Waals surface area (Å²) in [6.45, 7) is 1.99. The number of carbonyl (C=O) groups excluding carboxylic acids is 1. The van der Waals surface area contributed by atoms with Crippen LogP contribution in [0.25, 0.3) is 0 Å². The number of hydrogen-bond donors (Lipinski definition) is 3. The Morgan fingerprint density at radius 1 is 1.45 bits per heavy atom. The van der Waals surface area contributed by atoms with Gasteiger partial charge in [0.2, 0.25) is 5.82 Å². The third-order valence-corrected chi connectivity index (χ3v) is 2.47. The van der Waals surface area contributed by atoms with Crippen LogP contribution in [0.3, 0.4) is 0 Å². The Kier molecular flexibility index (Phi) is 4.04. The predicted molar refractivity (Wildman–Crippen MR) is 69.5 cm³/mol. The molecule has 20 heavy (non-hydrogen) atoms. The van der Waals surface area contributed by atoms with Gasteiger partial charge in [0.1, 0.15) is 11.6 Å². The number of hydrogen-bond acceptors (Lipinski definition) is 5. The number of rotatable bonds is 5. The number of nitrogens with zero attached hydrogens (tertiary/aromatic N) is 3. The SMILES string of the molecule is CCCc1nc(C(=O)Nc2cc(C(=O)O)ccn2)n[nH]1. The van der Waals surface area contributed by atoms with E-state index in [1.165, 1.54) is 18.3 Å². The van der Waals surface area contributed by atoms with Crippen LogP contribution in [-0.4, -0.2) is 37.1 Å². The maximum atomic E-state index is 11.9. The van der Waals surface area contributed by atoms with Crippen LogP contribution in [0.1, 0.15) is 40.1 Å². The highest BCUT2D eigenvalue weighted by Crippen LogP contribution is 2.08. The summed E-state index contributed by atoms with van der Waals surface area (Å²) in [5.74, 6) is -0.873. The van der Waals surface area contributed by atoms with Gasteiger partial charge in [0, 0.05) is 12.6 Å². The molecule has 0 aliphatic heterocycles. The van der Waals surface area contributed by atoms with Crippen molar-refractivity contribution in [3.63, 3.8) is 0 Å². The minimum absolute atomic E-state index is 0.00372. The normalized spacial score (nSPS) is 10.2. The molecule has 3 N–H and O–H groups in total. The van der Waals surface area contributed by atoms with Crippen molar-refractivity contribution in [2.75, 3.05) is 5.32 Å². The molecule has 8 nitrogen and oxygen atoms in total. The number of carboxylic acids is 1. The molecule has 2 aromatic rings. The van der Waals surface area contributed by atoms with Crippen LogP contribution in [0, 0.1) is 0 Å². The smallest absolute Gasteiger partial charge is 0.335 e. The van der Waals surface area contributed by atoms with Gasteiger partial charge in [-0.3, -0.25) is 9.89 Å². The van der Waals surface area contributed by atoms with E-state index in [0.717, 1.165) is 6.42 Å². The van der Waals surface area contributed by atoms with Crippen molar-refractivity contribution in [3.8, 4) is 0 Å². The van der Waals surface area contributed by atoms with E-state index in [4.69, 9.17) is 5.11 Å². The van der Waals surface area contributed by atoms with Crippen molar-refractivity contribution >= 4 is 17.7 Å². The zero-order chi connectivity index (χ0) is 14.5. The fourth-order valence-corrected chi connectivity index (χ4v) is 1.55. The molecule has 0 fully saturated rings. The third kappa shape index (κ3) is 3.16. The van der Waals surface area contributed by atoms with Gasteiger partial charge in [-0.1, -0.05) is 6.92 Å². The first kappa shape index (κ1) is 13.7. The summed E-state index contributed by atoms with van der Waals surface area (Å²) in [5.41, 5.74) is 0.0389. The number of aromatic carboxylic acids is 1. The zero-order valence-electron chi connectivity index (χ0n) is 10.8. The van der Waals surface area contributed by atoms with Gasteiger partial charge in [0.05, 0.1) is 5.56 Å². The van der Waals surface area contributed by atoms with E-state index in [1.807, 2.05) is 6.92 Å². The molecule has 0 saturated carbocycles. The van der Waals surface area contributed by atoms with E-state index in [9.17, 15) is 9.59 Å². The first-order chi connectivity index (χ1) is 9.60. The average molecular weight is 275 g/mol. The summed E-state index contributed by atoms with van der Waals surface area (Å²) >= 11 is 0. The molecule has 1 amide bonds. The van der Waals surface area contributed by atoms with E-state index in [0.29, 0.717) is 12.2 Å². The van der Waals surface area contributed by atoms with Crippen LogP contribution in [0.5, 0.6) is 0 Å². The Bertz CT molecular complexity index is 638. The third-order valence-electron chi connectivity index (χ3n) is 2.47. The molecule has 2 rings (SSSR count). The molecule has 0 radical (unpaired) electrons. The molecule has 0 atom stereocenters. The number of aromatic amines is 1. The number of H-pyrrole nitrogens is 1. The molecule has 0 aromatic carbocycles. The van der Waals surface area contributed by atoms with Crippen LogP contribution >= 0.6 is 0 Å². The number of nitrogens with one attached hydrogen (secondary N) is 2. The summed E-state index contributed by atoms with van der Waals surface area (Å²) in [6.07, 6.45) is 2.89. The second-order valence-electron chi connectivity index (χ2n) is 4.04. The van der Waals surface area contributed by atoms with Crippen LogP contribution in [0.2, 0.25) is 0 Å². The fraction of sp³-hybridized carbons (Fsp3) is 0.250. The fourth-order valence-electron chi connectivity index (χ4n) is 1.55. The topological polar surface area (TPSA) is 121 Å². The highest BCUT2D eigenvalue weighted by molar-refractivity contribution is 6.01. The van der Waals surface area contributed by atoms with Crippen molar-refractivity contribution in [2.24, 2.45) is 0 Å². The van der Waals surface area contributed by atoms with Gasteiger partial charge in [-0.2, -0.15) is 0 Å². The van der Waals surface area contributed by atoms with E-state index < -0.39 is 11.9 Å². The van der Waals surface area contributed by atoms with Gasteiger partial charge in [0.25, 0.3) is 5.91 Å². The number of anilines is 1. The van der Waals surface area contributed by atoms with Crippen LogP contribution in [0.4, 0.5) is 5.82 Å². The second kappa shape index (κ2) is 5.91. The first-order valence-electron chi connectivity index (χ1n) is 6.02. The maximum absolute atomic E-state index is 11.9. The number of aromatic nitrogens is 4. The molecule has 2 heterocycles. The molecule has 0 saturated heterocycles. The number of carbonyl (C=O) groups is 2. The van der Waals surface area contributed by atoms with Gasteiger partial charge >= 0.3 is 5.97 Å². The summed E-state index contributed by atoms with van der Waals surface area (Å²) < 4.78 is 0. The van der Waals surface area contributed by atoms with E-state index >= 15 is 0 Å². The lowest BCUT2D eigenvalue weighted by atomic mass is 10.2. The lowest BCUT2D eigenvalue weighted by molar-refractivity contribution is 0.0696. The Morgan fingerprint density at radius 2 is 2.25 bits per heavy atom. The number of pyridine rings is 1. The molecule has 8 heteroatoms. The minimum Gasteiger partial charge on any atom is -0.478 e. The van der Waals surface area contributed by atoms with Gasteiger partial charge in [-0.05, 0) is 18.6 Å². The summed E-state index contributed by atoms with van der Waals surface area (Å²) in [5, 5.41) is 17.8. The van der Waals surface area contributed by atoms with Crippen molar-refractivity contribution in [1.29, 1.82) is 0 Å². The standard InChI is InChI=1S/C12H13N5O3/c1-2-3-8-14-10(17-16-8)11(18)15-9-6-7(12(19)20)4-5-13-9/h4-6H,2-3H2,1H3,(H,19,20)(H,13,15,18)(H,14,16,17). The highest BCUT2D eigenvalue weighted by atomic mass is 16.4. The Balaban J connectivity index is 2.10. The van der Waals surface area contributed by atoms with Gasteiger partial charge < -0.3 is 10.4 Å². The van der Waals surface area contributed by atoms with Crippen LogP contribution < -0.4 is 5.32 Å². The number of amides is 1. The molecule has 0 aliphatic rings. The van der Waals surface area contributed by atoms with Crippen molar-refractivity contribution in [1.82, 2.24) is 20.2 Å². The summed E-state index contributed by atoms with van der Waals surface area (Å²) in [7, 11) is 0. The van der Waals surface area contributed by atoms with Crippen molar-refractivity contribution < 1.29 is 14.7 Å². The van der Waals surface area contributed by atoms with Gasteiger partial charge in [0.15, 0.2) is 0 Å². The summed E-state index contributed by atoms with van der Waals surface area (Å²) in [4.78, 5) is 30.6. The Morgan fingerprint density at radius 3 is 2.95 bits per heavy atom. The molecule has 0 aliphatic carbocycles. The predicted octanol–water partition coefficient (Wildman–Crippen LogP) is 1.10.